The zero-order valence-electron chi connectivity index (χ0n) is 16.3. The molecule has 0 bridgehead atoms. The molecule has 0 spiro atoms. The van der Waals surface area contributed by atoms with Gasteiger partial charge in [0.2, 0.25) is 12.7 Å². The van der Waals surface area contributed by atoms with Crippen molar-refractivity contribution >= 4 is 23.5 Å². The summed E-state index contributed by atoms with van der Waals surface area (Å²) in [6.07, 6.45) is 0. The molecule has 2 amide bonds. The molecule has 0 radical (unpaired) electrons. The van der Waals surface area contributed by atoms with Crippen LogP contribution in [-0.2, 0) is 20.9 Å². The van der Waals surface area contributed by atoms with Gasteiger partial charge in [-0.1, -0.05) is 6.07 Å². The summed E-state index contributed by atoms with van der Waals surface area (Å²) in [4.78, 5) is 37.3. The van der Waals surface area contributed by atoms with Gasteiger partial charge < -0.3 is 24.4 Å². The lowest BCUT2D eigenvalue weighted by Crippen LogP contribution is -2.34. The molecule has 1 aliphatic rings. The van der Waals surface area contributed by atoms with Crippen LogP contribution in [0.25, 0.3) is 0 Å². The normalized spacial score (nSPS) is 11.7. The predicted molar refractivity (Wildman–Crippen MR) is 105 cm³/mol. The number of nitrogens with zero attached hydrogens (tertiary/aromatic N) is 1. The van der Waals surface area contributed by atoms with E-state index in [9.17, 15) is 14.4 Å². The molecule has 2 aromatic rings. The van der Waals surface area contributed by atoms with Gasteiger partial charge in [-0.25, -0.2) is 4.79 Å². The van der Waals surface area contributed by atoms with Crippen molar-refractivity contribution in [3.63, 3.8) is 0 Å². The van der Waals surface area contributed by atoms with Crippen LogP contribution < -0.4 is 14.8 Å². The van der Waals surface area contributed by atoms with E-state index in [0.29, 0.717) is 35.8 Å². The zero-order chi connectivity index (χ0) is 20.8. The van der Waals surface area contributed by atoms with Crippen LogP contribution >= 0.6 is 0 Å². The molecular formula is C21H22N2O6. The molecule has 0 atom stereocenters. The number of hydrogen-bond acceptors (Lipinski definition) is 6. The van der Waals surface area contributed by atoms with Gasteiger partial charge in [0.05, 0.1) is 5.56 Å². The predicted octanol–water partition coefficient (Wildman–Crippen LogP) is 2.58. The third-order valence-electron chi connectivity index (χ3n) is 4.31. The van der Waals surface area contributed by atoms with Gasteiger partial charge in [0.25, 0.3) is 5.91 Å². The molecule has 1 N–H and O–H groups in total. The molecule has 0 saturated carbocycles. The van der Waals surface area contributed by atoms with Crippen molar-refractivity contribution in [2.45, 2.75) is 20.4 Å². The Balaban J connectivity index is 1.54. The topological polar surface area (TPSA) is 94.2 Å². The summed E-state index contributed by atoms with van der Waals surface area (Å²) in [5.41, 5.74) is 1.76. The highest BCUT2D eigenvalue weighted by molar-refractivity contribution is 5.93. The minimum Gasteiger partial charge on any atom is -0.454 e. The second kappa shape index (κ2) is 9.09. The van der Waals surface area contributed by atoms with Gasteiger partial charge in [0.1, 0.15) is 0 Å². The standard InChI is InChI=1S/C21H22N2O6/c1-3-23(11-15-4-9-18-19(10-15)29-13-28-18)20(25)12-27-21(26)16-5-7-17(8-6-16)22-14(2)24/h4-10H,3,11-13H2,1-2H3,(H,22,24). The van der Waals surface area contributed by atoms with Crippen molar-refractivity contribution in [3.05, 3.63) is 53.6 Å². The molecule has 1 heterocycles. The Morgan fingerprint density at radius 2 is 1.79 bits per heavy atom. The minimum absolute atomic E-state index is 0.191. The maximum atomic E-state index is 12.5. The quantitative estimate of drug-likeness (QED) is 0.721. The molecule has 8 nitrogen and oxygen atoms in total. The second-order valence-electron chi connectivity index (χ2n) is 6.43. The summed E-state index contributed by atoms with van der Waals surface area (Å²) in [6, 6.07) is 11.8. The number of hydrogen-bond donors (Lipinski definition) is 1. The van der Waals surface area contributed by atoms with Crippen molar-refractivity contribution in [2.75, 3.05) is 25.3 Å². The van der Waals surface area contributed by atoms with E-state index < -0.39 is 5.97 Å². The summed E-state index contributed by atoms with van der Waals surface area (Å²) >= 11 is 0. The first-order valence-electron chi connectivity index (χ1n) is 9.17. The lowest BCUT2D eigenvalue weighted by atomic mass is 10.2. The Morgan fingerprint density at radius 3 is 2.48 bits per heavy atom. The molecule has 0 fully saturated rings. The number of likely N-dealkylation sites (N-methyl/N-ethyl adjacent to an activating group) is 1. The van der Waals surface area contributed by atoms with E-state index in [1.165, 1.54) is 19.1 Å². The first-order valence-corrected chi connectivity index (χ1v) is 9.17. The molecule has 29 heavy (non-hydrogen) atoms. The largest absolute Gasteiger partial charge is 0.454 e. The molecular weight excluding hydrogens is 376 g/mol. The molecule has 0 aromatic heterocycles. The monoisotopic (exact) mass is 398 g/mol. The summed E-state index contributed by atoms with van der Waals surface area (Å²) in [5, 5.41) is 2.61. The smallest absolute Gasteiger partial charge is 0.338 e. The second-order valence-corrected chi connectivity index (χ2v) is 6.43. The van der Waals surface area contributed by atoms with Crippen LogP contribution in [0.2, 0.25) is 0 Å². The van der Waals surface area contributed by atoms with E-state index in [2.05, 4.69) is 5.32 Å². The average Bonchev–Trinajstić information content (AvgIpc) is 3.18. The van der Waals surface area contributed by atoms with Gasteiger partial charge in [-0.2, -0.15) is 0 Å². The van der Waals surface area contributed by atoms with Crippen molar-refractivity contribution in [1.29, 1.82) is 0 Å². The minimum atomic E-state index is -0.605. The summed E-state index contributed by atoms with van der Waals surface area (Å²) in [5.74, 6) is 0.231. The van der Waals surface area contributed by atoms with E-state index in [-0.39, 0.29) is 25.2 Å². The van der Waals surface area contributed by atoms with Crippen molar-refractivity contribution < 1.29 is 28.6 Å². The number of esters is 1. The van der Waals surface area contributed by atoms with Gasteiger partial charge in [-0.15, -0.1) is 0 Å². The van der Waals surface area contributed by atoms with Gasteiger partial charge in [0.15, 0.2) is 18.1 Å². The lowest BCUT2D eigenvalue weighted by molar-refractivity contribution is -0.135. The van der Waals surface area contributed by atoms with Crippen LogP contribution in [0.3, 0.4) is 0 Å². The maximum Gasteiger partial charge on any atom is 0.338 e. The molecule has 0 unspecified atom stereocenters. The Bertz CT molecular complexity index is 910. The molecule has 2 aromatic carbocycles. The maximum absolute atomic E-state index is 12.5. The van der Waals surface area contributed by atoms with E-state index in [1.54, 1.807) is 23.1 Å². The van der Waals surface area contributed by atoms with Crippen LogP contribution in [0, 0.1) is 0 Å². The van der Waals surface area contributed by atoms with Crippen molar-refractivity contribution in [3.8, 4) is 11.5 Å². The third-order valence-corrected chi connectivity index (χ3v) is 4.31. The number of ether oxygens (including phenoxy) is 3. The van der Waals surface area contributed by atoms with Gasteiger partial charge in [-0.05, 0) is 48.9 Å². The van der Waals surface area contributed by atoms with Crippen LogP contribution in [-0.4, -0.2) is 42.6 Å². The first kappa shape index (κ1) is 20.2. The zero-order valence-corrected chi connectivity index (χ0v) is 16.3. The van der Waals surface area contributed by atoms with Gasteiger partial charge in [0, 0.05) is 25.7 Å². The fourth-order valence-corrected chi connectivity index (χ4v) is 2.83. The van der Waals surface area contributed by atoms with Crippen LogP contribution in [0.1, 0.15) is 29.8 Å². The van der Waals surface area contributed by atoms with Crippen LogP contribution in [0.15, 0.2) is 42.5 Å². The molecule has 3 rings (SSSR count). The fraction of sp³-hybridized carbons (Fsp3) is 0.286. The third kappa shape index (κ3) is 5.25. The van der Waals surface area contributed by atoms with E-state index in [0.717, 1.165) is 5.56 Å². The number of benzene rings is 2. The molecule has 8 heteroatoms. The van der Waals surface area contributed by atoms with E-state index >= 15 is 0 Å². The van der Waals surface area contributed by atoms with Crippen molar-refractivity contribution in [1.82, 2.24) is 4.90 Å². The highest BCUT2D eigenvalue weighted by Crippen LogP contribution is 2.32. The van der Waals surface area contributed by atoms with Gasteiger partial charge >= 0.3 is 5.97 Å². The fourth-order valence-electron chi connectivity index (χ4n) is 2.83. The molecule has 1 aliphatic heterocycles. The summed E-state index contributed by atoms with van der Waals surface area (Å²) in [7, 11) is 0. The number of amides is 2. The number of rotatable bonds is 7. The Morgan fingerprint density at radius 1 is 1.07 bits per heavy atom. The van der Waals surface area contributed by atoms with E-state index in [4.69, 9.17) is 14.2 Å². The van der Waals surface area contributed by atoms with Crippen LogP contribution in [0.5, 0.6) is 11.5 Å². The number of carbonyl (C=O) groups excluding carboxylic acids is 3. The summed E-state index contributed by atoms with van der Waals surface area (Å²) in [6.45, 7) is 3.93. The highest BCUT2D eigenvalue weighted by atomic mass is 16.7. The molecule has 152 valence electrons. The molecule has 0 aliphatic carbocycles. The summed E-state index contributed by atoms with van der Waals surface area (Å²) < 4.78 is 15.8. The van der Waals surface area contributed by atoms with Crippen molar-refractivity contribution in [2.24, 2.45) is 0 Å². The number of anilines is 1. The van der Waals surface area contributed by atoms with E-state index in [1.807, 2.05) is 19.1 Å². The lowest BCUT2D eigenvalue weighted by Gasteiger charge is -2.21. The Labute approximate surface area is 168 Å². The number of fused-ring (bicyclic) bond motifs is 1. The first-order chi connectivity index (χ1) is 14.0. The number of carbonyl (C=O) groups is 3. The molecule has 0 saturated heterocycles. The Hall–Kier alpha value is -3.55. The SMILES string of the molecule is CCN(Cc1ccc2c(c1)OCO2)C(=O)COC(=O)c1ccc(NC(C)=O)cc1. The average molecular weight is 398 g/mol. The van der Waals surface area contributed by atoms with Gasteiger partial charge in [-0.3, -0.25) is 9.59 Å². The highest BCUT2D eigenvalue weighted by Gasteiger charge is 2.18. The Kier molecular flexibility index (Phi) is 6.33. The number of nitrogens with one attached hydrogen (secondary N) is 1. The van der Waals surface area contributed by atoms with Crippen LogP contribution in [0.4, 0.5) is 5.69 Å².